The van der Waals surface area contributed by atoms with E-state index in [1.807, 2.05) is 0 Å². The van der Waals surface area contributed by atoms with Crippen LogP contribution < -0.4 is 0 Å². The quantitative estimate of drug-likeness (QED) is 0.571. The average Bonchev–Trinajstić information content (AvgIpc) is 2.28. The first-order valence-electron chi connectivity index (χ1n) is 6.44. The van der Waals surface area contributed by atoms with E-state index in [4.69, 9.17) is 4.74 Å². The lowest BCUT2D eigenvalue weighted by Gasteiger charge is -2.29. The van der Waals surface area contributed by atoms with Gasteiger partial charge in [-0.05, 0) is 38.6 Å². The first kappa shape index (κ1) is 16.4. The molecular weight excluding hydrogens is 266 g/mol. The van der Waals surface area contributed by atoms with Crippen LogP contribution in [0.4, 0.5) is 0 Å². The number of nitrogens with zero attached hydrogens (tertiary/aromatic N) is 1. The summed E-state index contributed by atoms with van der Waals surface area (Å²) >= 11 is 3.51. The van der Waals surface area contributed by atoms with Gasteiger partial charge in [-0.25, -0.2) is 0 Å². The van der Waals surface area contributed by atoms with Crippen molar-refractivity contribution in [3.63, 3.8) is 0 Å². The van der Waals surface area contributed by atoms with Crippen molar-refractivity contribution in [1.29, 1.82) is 0 Å². The van der Waals surface area contributed by atoms with Gasteiger partial charge in [-0.2, -0.15) is 0 Å². The summed E-state index contributed by atoms with van der Waals surface area (Å²) in [4.78, 5) is 2.55. The molecule has 2 nitrogen and oxygen atoms in total. The van der Waals surface area contributed by atoms with Crippen LogP contribution in [-0.4, -0.2) is 43.1 Å². The second-order valence-electron chi connectivity index (χ2n) is 4.66. The molecule has 0 aromatic heterocycles. The van der Waals surface area contributed by atoms with Crippen molar-refractivity contribution in [2.45, 2.75) is 46.1 Å². The Morgan fingerprint density at radius 3 is 2.38 bits per heavy atom. The first-order chi connectivity index (χ1) is 7.65. The van der Waals surface area contributed by atoms with Crippen molar-refractivity contribution in [3.8, 4) is 0 Å². The summed E-state index contributed by atoms with van der Waals surface area (Å²) in [5.41, 5.74) is 0. The van der Waals surface area contributed by atoms with E-state index in [0.29, 0.717) is 6.04 Å². The summed E-state index contributed by atoms with van der Waals surface area (Å²) in [6.07, 6.45) is 3.79. The van der Waals surface area contributed by atoms with Crippen LogP contribution in [0.1, 0.15) is 40.0 Å². The Morgan fingerprint density at radius 1 is 1.19 bits per heavy atom. The molecule has 0 fully saturated rings. The Morgan fingerprint density at radius 2 is 1.88 bits per heavy atom. The van der Waals surface area contributed by atoms with Crippen LogP contribution in [0.15, 0.2) is 0 Å². The van der Waals surface area contributed by atoms with Gasteiger partial charge >= 0.3 is 0 Å². The first-order valence-corrected chi connectivity index (χ1v) is 7.56. The second kappa shape index (κ2) is 10.5. The minimum Gasteiger partial charge on any atom is -0.383 e. The van der Waals surface area contributed by atoms with E-state index in [2.05, 4.69) is 41.6 Å². The van der Waals surface area contributed by atoms with Gasteiger partial charge in [0, 0.05) is 25.0 Å². The van der Waals surface area contributed by atoms with Gasteiger partial charge in [-0.3, -0.25) is 4.90 Å². The maximum atomic E-state index is 5.17. The standard InChI is InChI=1S/C13H28BrNO/c1-5-13(3)15(10-11-16-4)9-7-12(2)6-8-14/h12-13H,5-11H2,1-4H3. The van der Waals surface area contributed by atoms with Gasteiger partial charge in [0.25, 0.3) is 0 Å². The summed E-state index contributed by atoms with van der Waals surface area (Å²) in [6.45, 7) is 10.0. The number of hydrogen-bond acceptors (Lipinski definition) is 2. The van der Waals surface area contributed by atoms with Crippen molar-refractivity contribution in [3.05, 3.63) is 0 Å². The highest BCUT2D eigenvalue weighted by molar-refractivity contribution is 9.09. The monoisotopic (exact) mass is 293 g/mol. The number of hydrogen-bond donors (Lipinski definition) is 0. The topological polar surface area (TPSA) is 12.5 Å². The zero-order chi connectivity index (χ0) is 12.4. The molecule has 0 saturated carbocycles. The predicted octanol–water partition coefficient (Wildman–Crippen LogP) is 3.54. The van der Waals surface area contributed by atoms with Gasteiger partial charge in [-0.15, -0.1) is 0 Å². The van der Waals surface area contributed by atoms with Crippen LogP contribution in [0.3, 0.4) is 0 Å². The molecule has 3 heteroatoms. The lowest BCUT2D eigenvalue weighted by atomic mass is 10.0. The van der Waals surface area contributed by atoms with E-state index >= 15 is 0 Å². The van der Waals surface area contributed by atoms with Crippen LogP contribution in [0.5, 0.6) is 0 Å². The normalized spacial score (nSPS) is 15.4. The molecule has 16 heavy (non-hydrogen) atoms. The SMILES string of the molecule is CCC(C)N(CCOC)CCC(C)CCBr. The lowest BCUT2D eigenvalue weighted by molar-refractivity contribution is 0.118. The number of halogens is 1. The van der Waals surface area contributed by atoms with Gasteiger partial charge in [0.15, 0.2) is 0 Å². The van der Waals surface area contributed by atoms with Crippen molar-refractivity contribution in [1.82, 2.24) is 4.90 Å². The van der Waals surface area contributed by atoms with Crippen molar-refractivity contribution < 1.29 is 4.74 Å². The van der Waals surface area contributed by atoms with Crippen LogP contribution in [0.2, 0.25) is 0 Å². The molecule has 0 heterocycles. The molecule has 0 amide bonds. The second-order valence-corrected chi connectivity index (χ2v) is 5.45. The fourth-order valence-corrected chi connectivity index (χ4v) is 2.52. The number of methoxy groups -OCH3 is 1. The fourth-order valence-electron chi connectivity index (χ4n) is 1.74. The van der Waals surface area contributed by atoms with Crippen molar-refractivity contribution in [2.24, 2.45) is 5.92 Å². The number of ether oxygens (including phenoxy) is 1. The van der Waals surface area contributed by atoms with Gasteiger partial charge < -0.3 is 4.74 Å². The van der Waals surface area contributed by atoms with E-state index in [-0.39, 0.29) is 0 Å². The molecule has 0 aromatic carbocycles. The van der Waals surface area contributed by atoms with Gasteiger partial charge in [-0.1, -0.05) is 29.8 Å². The summed E-state index contributed by atoms with van der Waals surface area (Å²) < 4.78 is 5.17. The highest BCUT2D eigenvalue weighted by atomic mass is 79.9. The number of rotatable bonds is 10. The maximum Gasteiger partial charge on any atom is 0.0589 e. The molecule has 0 aliphatic carbocycles. The molecular formula is C13H28BrNO. The third kappa shape index (κ3) is 7.64. The smallest absolute Gasteiger partial charge is 0.0589 e. The molecule has 0 aliphatic heterocycles. The van der Waals surface area contributed by atoms with Crippen LogP contribution in [-0.2, 0) is 4.74 Å². The molecule has 0 aliphatic rings. The van der Waals surface area contributed by atoms with Gasteiger partial charge in [0.2, 0.25) is 0 Å². The van der Waals surface area contributed by atoms with Crippen LogP contribution >= 0.6 is 15.9 Å². The summed E-state index contributed by atoms with van der Waals surface area (Å²) in [5.74, 6) is 0.813. The average molecular weight is 294 g/mol. The molecule has 2 unspecified atom stereocenters. The van der Waals surface area contributed by atoms with E-state index < -0.39 is 0 Å². The fraction of sp³-hybridized carbons (Fsp3) is 1.00. The summed E-state index contributed by atoms with van der Waals surface area (Å²) in [6, 6.07) is 0.673. The van der Waals surface area contributed by atoms with E-state index in [0.717, 1.165) is 24.4 Å². The largest absolute Gasteiger partial charge is 0.383 e. The van der Waals surface area contributed by atoms with Crippen LogP contribution in [0.25, 0.3) is 0 Å². The third-order valence-electron chi connectivity index (χ3n) is 3.31. The Bertz CT molecular complexity index is 155. The molecule has 0 aromatic rings. The minimum atomic E-state index is 0.673. The zero-order valence-corrected chi connectivity index (χ0v) is 12.9. The predicted molar refractivity (Wildman–Crippen MR) is 75.4 cm³/mol. The Labute approximate surface area is 110 Å². The van der Waals surface area contributed by atoms with E-state index in [9.17, 15) is 0 Å². The van der Waals surface area contributed by atoms with Gasteiger partial charge in [0.1, 0.15) is 0 Å². The Hall–Kier alpha value is 0.400. The Balaban J connectivity index is 3.90. The summed E-state index contributed by atoms with van der Waals surface area (Å²) in [5, 5.41) is 1.12. The molecule has 98 valence electrons. The molecule has 0 rings (SSSR count). The zero-order valence-electron chi connectivity index (χ0n) is 11.3. The Kier molecular flexibility index (Phi) is 10.8. The molecule has 0 saturated heterocycles. The summed E-state index contributed by atoms with van der Waals surface area (Å²) in [7, 11) is 1.78. The molecule has 0 bridgehead atoms. The minimum absolute atomic E-state index is 0.673. The van der Waals surface area contributed by atoms with Crippen molar-refractivity contribution >= 4 is 15.9 Å². The van der Waals surface area contributed by atoms with Crippen molar-refractivity contribution in [2.75, 3.05) is 32.1 Å². The molecule has 0 radical (unpaired) electrons. The molecule has 2 atom stereocenters. The molecule has 0 N–H and O–H groups in total. The lowest BCUT2D eigenvalue weighted by Crippen LogP contribution is -2.36. The highest BCUT2D eigenvalue weighted by Crippen LogP contribution is 2.12. The van der Waals surface area contributed by atoms with E-state index in [1.165, 1.54) is 25.8 Å². The highest BCUT2D eigenvalue weighted by Gasteiger charge is 2.12. The third-order valence-corrected chi connectivity index (χ3v) is 3.77. The molecule has 0 spiro atoms. The van der Waals surface area contributed by atoms with Crippen LogP contribution in [0, 0.1) is 5.92 Å². The number of alkyl halides is 1. The maximum absolute atomic E-state index is 5.17. The van der Waals surface area contributed by atoms with E-state index in [1.54, 1.807) is 7.11 Å². The van der Waals surface area contributed by atoms with Gasteiger partial charge in [0.05, 0.1) is 6.61 Å².